The molecule has 3 aromatic rings. The highest BCUT2D eigenvalue weighted by molar-refractivity contribution is 7.19. The molecule has 1 aromatic heterocycles. The molecule has 0 aliphatic carbocycles. The van der Waals surface area contributed by atoms with Crippen LogP contribution in [-0.2, 0) is 4.79 Å². The average Bonchev–Trinajstić information content (AvgIpc) is 2.95. The van der Waals surface area contributed by atoms with E-state index in [1.54, 1.807) is 29.5 Å². The lowest BCUT2D eigenvalue weighted by atomic mass is 10.1. The smallest absolute Gasteiger partial charge is 0.303 e. The Morgan fingerprint density at radius 3 is 2.70 bits per heavy atom. The predicted molar refractivity (Wildman–Crippen MR) is 92.5 cm³/mol. The fraction of sp³-hybridized carbons (Fsp3) is 0.111. The van der Waals surface area contributed by atoms with E-state index in [2.05, 4.69) is 4.98 Å². The lowest BCUT2D eigenvalue weighted by molar-refractivity contribution is -0.136. The lowest BCUT2D eigenvalue weighted by Crippen LogP contribution is -1.95. The minimum absolute atomic E-state index is 0.0422. The molecule has 0 amide bonds. The van der Waals surface area contributed by atoms with E-state index >= 15 is 0 Å². The van der Waals surface area contributed by atoms with Crippen LogP contribution >= 0.6 is 11.3 Å². The van der Waals surface area contributed by atoms with Crippen LogP contribution in [0.25, 0.3) is 21.9 Å². The Labute approximate surface area is 137 Å². The van der Waals surface area contributed by atoms with E-state index in [9.17, 15) is 9.90 Å². The van der Waals surface area contributed by atoms with E-state index in [-0.39, 0.29) is 12.2 Å². The summed E-state index contributed by atoms with van der Waals surface area (Å²) in [6.07, 6.45) is 2.33. The van der Waals surface area contributed by atoms with Crippen LogP contribution in [0, 0.1) is 0 Å². The number of para-hydroxylation sites is 1. The van der Waals surface area contributed by atoms with Gasteiger partial charge in [0, 0.05) is 6.42 Å². The number of thiazole rings is 1. The van der Waals surface area contributed by atoms with E-state index in [1.165, 1.54) is 0 Å². The van der Waals surface area contributed by atoms with Crippen LogP contribution in [0.4, 0.5) is 0 Å². The molecular weight excluding hydrogens is 310 g/mol. The molecule has 0 atom stereocenters. The molecule has 1 heterocycles. The number of allylic oxidation sites excluding steroid dienone is 1. The van der Waals surface area contributed by atoms with Gasteiger partial charge in [0.1, 0.15) is 10.8 Å². The number of carbonyl (C=O) groups is 1. The second kappa shape index (κ2) is 6.62. The first kappa shape index (κ1) is 15.2. The summed E-state index contributed by atoms with van der Waals surface area (Å²) < 4.78 is 1.07. The zero-order valence-electron chi connectivity index (χ0n) is 12.3. The van der Waals surface area contributed by atoms with Crippen molar-refractivity contribution in [3.63, 3.8) is 0 Å². The number of rotatable bonds is 5. The van der Waals surface area contributed by atoms with E-state index in [0.29, 0.717) is 6.42 Å². The molecule has 116 valence electrons. The molecule has 0 bridgehead atoms. The molecule has 0 unspecified atom stereocenters. The highest BCUT2D eigenvalue weighted by atomic mass is 32.1. The highest BCUT2D eigenvalue weighted by Gasteiger charge is 2.11. The topological polar surface area (TPSA) is 70.4 Å². The molecule has 2 N–H and O–H groups in total. The van der Waals surface area contributed by atoms with Crippen molar-refractivity contribution in [2.24, 2.45) is 0 Å². The largest absolute Gasteiger partial charge is 0.508 e. The SMILES string of the molecule is O=C(O)CC/C(=C\c1cccc(O)c1)c1nc2ccccc2s1. The number of benzene rings is 2. The monoisotopic (exact) mass is 325 g/mol. The van der Waals surface area contributed by atoms with Crippen molar-refractivity contribution in [1.82, 2.24) is 4.98 Å². The molecule has 0 spiro atoms. The van der Waals surface area contributed by atoms with Crippen molar-refractivity contribution in [2.75, 3.05) is 0 Å². The average molecular weight is 325 g/mol. The second-order valence-electron chi connectivity index (χ2n) is 5.15. The predicted octanol–water partition coefficient (Wildman–Crippen LogP) is 4.41. The number of aliphatic carboxylic acids is 1. The van der Waals surface area contributed by atoms with Crippen LogP contribution in [-0.4, -0.2) is 21.2 Å². The van der Waals surface area contributed by atoms with E-state index in [1.807, 2.05) is 36.4 Å². The normalized spacial score (nSPS) is 11.7. The van der Waals surface area contributed by atoms with Crippen LogP contribution in [0.3, 0.4) is 0 Å². The van der Waals surface area contributed by atoms with E-state index in [0.717, 1.165) is 26.4 Å². The van der Waals surface area contributed by atoms with E-state index in [4.69, 9.17) is 5.11 Å². The number of carboxylic acid groups (broad SMARTS) is 1. The zero-order chi connectivity index (χ0) is 16.2. The molecule has 0 aliphatic rings. The number of phenols is 1. The molecule has 0 aliphatic heterocycles. The highest BCUT2D eigenvalue weighted by Crippen LogP contribution is 2.31. The number of phenolic OH excluding ortho intramolecular Hbond substituents is 1. The molecular formula is C18H15NO3S. The standard InChI is InChI=1S/C18H15NO3S/c20-14-5-3-4-12(11-14)10-13(8-9-17(21)22)18-19-15-6-1-2-7-16(15)23-18/h1-7,10-11,20H,8-9H2,(H,21,22)/b13-10+. The maximum Gasteiger partial charge on any atom is 0.303 e. The molecule has 23 heavy (non-hydrogen) atoms. The van der Waals surface area contributed by atoms with Crippen molar-refractivity contribution < 1.29 is 15.0 Å². The third-order valence-corrected chi connectivity index (χ3v) is 4.50. The second-order valence-corrected chi connectivity index (χ2v) is 6.18. The summed E-state index contributed by atoms with van der Waals surface area (Å²) in [5.74, 6) is -0.659. The number of hydrogen-bond acceptors (Lipinski definition) is 4. The minimum Gasteiger partial charge on any atom is -0.508 e. The number of hydrogen-bond donors (Lipinski definition) is 2. The van der Waals surface area contributed by atoms with Crippen molar-refractivity contribution in [1.29, 1.82) is 0 Å². The van der Waals surface area contributed by atoms with Gasteiger partial charge in [-0.1, -0.05) is 24.3 Å². The first-order valence-corrected chi connectivity index (χ1v) is 8.01. The Bertz CT molecular complexity index is 850. The molecule has 0 saturated heterocycles. The van der Waals surface area contributed by atoms with Crippen LogP contribution in [0.15, 0.2) is 48.5 Å². The van der Waals surface area contributed by atoms with Crippen LogP contribution in [0.1, 0.15) is 23.4 Å². The van der Waals surface area contributed by atoms with Crippen molar-refractivity contribution in [3.8, 4) is 5.75 Å². The Hall–Kier alpha value is -2.66. The fourth-order valence-corrected chi connectivity index (χ4v) is 3.32. The molecule has 0 fully saturated rings. The summed E-state index contributed by atoms with van der Waals surface area (Å²) in [6, 6.07) is 14.7. The summed E-state index contributed by atoms with van der Waals surface area (Å²) >= 11 is 1.55. The summed E-state index contributed by atoms with van der Waals surface area (Å²) in [4.78, 5) is 15.5. The zero-order valence-corrected chi connectivity index (χ0v) is 13.1. The Morgan fingerprint density at radius 1 is 1.13 bits per heavy atom. The first-order chi connectivity index (χ1) is 11.1. The van der Waals surface area contributed by atoms with Gasteiger partial charge < -0.3 is 10.2 Å². The van der Waals surface area contributed by atoms with Gasteiger partial charge in [0.15, 0.2) is 0 Å². The molecule has 4 nitrogen and oxygen atoms in total. The number of nitrogens with zero attached hydrogens (tertiary/aromatic N) is 1. The Morgan fingerprint density at radius 2 is 1.96 bits per heavy atom. The first-order valence-electron chi connectivity index (χ1n) is 7.19. The molecule has 3 rings (SSSR count). The summed E-state index contributed by atoms with van der Waals surface area (Å²) in [5.41, 5.74) is 2.59. The van der Waals surface area contributed by atoms with Crippen molar-refractivity contribution in [2.45, 2.75) is 12.8 Å². The van der Waals surface area contributed by atoms with Crippen LogP contribution < -0.4 is 0 Å². The number of aromatic nitrogens is 1. The third-order valence-electron chi connectivity index (χ3n) is 3.39. The summed E-state index contributed by atoms with van der Waals surface area (Å²) in [6.45, 7) is 0. The van der Waals surface area contributed by atoms with Gasteiger partial charge >= 0.3 is 5.97 Å². The van der Waals surface area contributed by atoms with Gasteiger partial charge in [-0.2, -0.15) is 0 Å². The van der Waals surface area contributed by atoms with Gasteiger partial charge in [0.2, 0.25) is 0 Å². The van der Waals surface area contributed by atoms with Gasteiger partial charge in [0.25, 0.3) is 0 Å². The minimum atomic E-state index is -0.840. The molecule has 0 radical (unpaired) electrons. The van der Waals surface area contributed by atoms with Crippen LogP contribution in [0.5, 0.6) is 5.75 Å². The molecule has 0 saturated carbocycles. The quantitative estimate of drug-likeness (QED) is 0.729. The van der Waals surface area contributed by atoms with Gasteiger partial charge in [0.05, 0.1) is 10.2 Å². The van der Waals surface area contributed by atoms with Crippen molar-refractivity contribution in [3.05, 3.63) is 59.1 Å². The maximum absolute atomic E-state index is 10.9. The van der Waals surface area contributed by atoms with E-state index < -0.39 is 5.97 Å². The molecule has 2 aromatic carbocycles. The number of carboxylic acids is 1. The summed E-state index contributed by atoms with van der Waals surface area (Å²) in [7, 11) is 0. The van der Waals surface area contributed by atoms with Gasteiger partial charge in [-0.3, -0.25) is 4.79 Å². The Kier molecular flexibility index (Phi) is 4.39. The summed E-state index contributed by atoms with van der Waals surface area (Å²) in [5, 5.41) is 19.4. The lowest BCUT2D eigenvalue weighted by Gasteiger charge is -2.03. The number of fused-ring (bicyclic) bond motifs is 1. The third kappa shape index (κ3) is 3.76. The van der Waals surface area contributed by atoms with Crippen LogP contribution in [0.2, 0.25) is 0 Å². The fourth-order valence-electron chi connectivity index (χ4n) is 2.31. The number of aromatic hydroxyl groups is 1. The van der Waals surface area contributed by atoms with Crippen molar-refractivity contribution >= 4 is 39.2 Å². The van der Waals surface area contributed by atoms with Gasteiger partial charge in [-0.15, -0.1) is 11.3 Å². The van der Waals surface area contributed by atoms with Gasteiger partial charge in [-0.25, -0.2) is 4.98 Å². The Balaban J connectivity index is 2.02. The molecule has 5 heteroatoms. The maximum atomic E-state index is 10.9. The van der Waals surface area contributed by atoms with Gasteiger partial charge in [-0.05, 0) is 47.9 Å².